The van der Waals surface area contributed by atoms with Gasteiger partial charge in [0, 0.05) is 6.54 Å². The summed E-state index contributed by atoms with van der Waals surface area (Å²) in [6.45, 7) is 1.77. The van der Waals surface area contributed by atoms with E-state index in [2.05, 4.69) is 0 Å². The SMILES string of the molecule is CC1CCN(S(=O)(=O)c2ccc(F)c(C(=O)O)c2)C1CO. The Morgan fingerprint density at radius 1 is 1.48 bits per heavy atom. The van der Waals surface area contributed by atoms with E-state index in [1.807, 2.05) is 6.92 Å². The summed E-state index contributed by atoms with van der Waals surface area (Å²) in [6.07, 6.45) is 0.609. The first-order valence-electron chi connectivity index (χ1n) is 6.44. The summed E-state index contributed by atoms with van der Waals surface area (Å²) in [4.78, 5) is 10.6. The molecule has 0 aliphatic carbocycles. The number of halogens is 1. The molecule has 1 aromatic carbocycles. The van der Waals surface area contributed by atoms with Gasteiger partial charge in [0.2, 0.25) is 10.0 Å². The smallest absolute Gasteiger partial charge is 0.338 e. The molecule has 1 saturated heterocycles. The summed E-state index contributed by atoms with van der Waals surface area (Å²) in [7, 11) is -3.96. The predicted molar refractivity (Wildman–Crippen MR) is 71.9 cm³/mol. The number of benzene rings is 1. The minimum Gasteiger partial charge on any atom is -0.478 e. The molecule has 0 spiro atoms. The lowest BCUT2D eigenvalue weighted by Crippen LogP contribution is -2.39. The molecule has 2 N–H and O–H groups in total. The first-order chi connectivity index (χ1) is 9.78. The second kappa shape index (κ2) is 5.70. The number of carbonyl (C=O) groups is 1. The second-order valence-electron chi connectivity index (χ2n) is 5.08. The Morgan fingerprint density at radius 3 is 2.71 bits per heavy atom. The van der Waals surface area contributed by atoms with Gasteiger partial charge in [-0.1, -0.05) is 6.92 Å². The van der Waals surface area contributed by atoms with Crippen molar-refractivity contribution < 1.29 is 27.8 Å². The van der Waals surface area contributed by atoms with Crippen molar-refractivity contribution >= 4 is 16.0 Å². The number of sulfonamides is 1. The van der Waals surface area contributed by atoms with E-state index in [-0.39, 0.29) is 24.0 Å². The number of aromatic carboxylic acids is 1. The van der Waals surface area contributed by atoms with Gasteiger partial charge in [-0.3, -0.25) is 0 Å². The zero-order valence-corrected chi connectivity index (χ0v) is 12.2. The molecule has 2 atom stereocenters. The molecule has 2 unspecified atom stereocenters. The van der Waals surface area contributed by atoms with Crippen molar-refractivity contribution in [3.05, 3.63) is 29.6 Å². The number of nitrogens with zero attached hydrogens (tertiary/aromatic N) is 1. The average molecular weight is 317 g/mol. The Hall–Kier alpha value is -1.51. The molecule has 0 bridgehead atoms. The minimum absolute atomic E-state index is 0.00386. The first kappa shape index (κ1) is 15.9. The van der Waals surface area contributed by atoms with Gasteiger partial charge in [-0.2, -0.15) is 4.31 Å². The zero-order valence-electron chi connectivity index (χ0n) is 11.4. The van der Waals surface area contributed by atoms with Gasteiger partial charge in [0.1, 0.15) is 5.82 Å². The van der Waals surface area contributed by atoms with Crippen LogP contribution in [0.25, 0.3) is 0 Å². The van der Waals surface area contributed by atoms with Crippen molar-refractivity contribution in [2.24, 2.45) is 5.92 Å². The lowest BCUT2D eigenvalue weighted by atomic mass is 10.0. The second-order valence-corrected chi connectivity index (χ2v) is 6.97. The van der Waals surface area contributed by atoms with E-state index < -0.39 is 33.4 Å². The minimum atomic E-state index is -3.96. The molecule has 6 nitrogen and oxygen atoms in total. The summed E-state index contributed by atoms with van der Waals surface area (Å²) in [6, 6.07) is 2.12. The molecule has 0 saturated carbocycles. The summed E-state index contributed by atoms with van der Waals surface area (Å²) in [5, 5.41) is 18.2. The summed E-state index contributed by atoms with van der Waals surface area (Å²) < 4.78 is 39.6. The van der Waals surface area contributed by atoms with Crippen LogP contribution in [0.4, 0.5) is 4.39 Å². The highest BCUT2D eigenvalue weighted by molar-refractivity contribution is 7.89. The van der Waals surface area contributed by atoms with E-state index in [0.29, 0.717) is 6.42 Å². The third kappa shape index (κ3) is 2.78. The normalized spacial score (nSPS) is 23.4. The molecule has 116 valence electrons. The Labute approximate surface area is 121 Å². The van der Waals surface area contributed by atoms with E-state index in [1.165, 1.54) is 0 Å². The van der Waals surface area contributed by atoms with E-state index in [1.54, 1.807) is 0 Å². The summed E-state index contributed by atoms with van der Waals surface area (Å²) in [5.41, 5.74) is -0.691. The molecule has 1 heterocycles. The van der Waals surface area contributed by atoms with Crippen LogP contribution in [0.2, 0.25) is 0 Å². The van der Waals surface area contributed by atoms with Crippen LogP contribution in [-0.2, 0) is 10.0 Å². The fourth-order valence-electron chi connectivity index (χ4n) is 2.51. The molecular weight excluding hydrogens is 301 g/mol. The quantitative estimate of drug-likeness (QED) is 0.861. The molecule has 1 fully saturated rings. The van der Waals surface area contributed by atoms with E-state index in [4.69, 9.17) is 5.11 Å². The Morgan fingerprint density at radius 2 is 2.14 bits per heavy atom. The molecule has 0 amide bonds. The fourth-order valence-corrected chi connectivity index (χ4v) is 4.26. The van der Waals surface area contributed by atoms with Crippen LogP contribution in [0.3, 0.4) is 0 Å². The monoisotopic (exact) mass is 317 g/mol. The number of aliphatic hydroxyl groups is 1. The van der Waals surface area contributed by atoms with Gasteiger partial charge in [-0.15, -0.1) is 0 Å². The number of carboxylic acids is 1. The lowest BCUT2D eigenvalue weighted by Gasteiger charge is -2.24. The topological polar surface area (TPSA) is 94.9 Å². The Kier molecular flexibility index (Phi) is 4.31. The predicted octanol–water partition coefficient (Wildman–Crippen LogP) is 0.915. The Bertz CT molecular complexity index is 661. The molecule has 1 aliphatic heterocycles. The number of aliphatic hydroxyl groups excluding tert-OH is 1. The Balaban J connectivity index is 2.45. The van der Waals surface area contributed by atoms with Crippen LogP contribution in [0.1, 0.15) is 23.7 Å². The van der Waals surface area contributed by atoms with E-state index in [9.17, 15) is 22.7 Å². The molecule has 0 radical (unpaired) electrons. The standard InChI is InChI=1S/C13H16FNO5S/c1-8-4-5-15(12(8)7-16)21(19,20)9-2-3-11(14)10(6-9)13(17)18/h2-3,6,8,12,16H,4-5,7H2,1H3,(H,17,18). The van der Waals surface area contributed by atoms with Gasteiger partial charge < -0.3 is 10.2 Å². The first-order valence-corrected chi connectivity index (χ1v) is 7.88. The van der Waals surface area contributed by atoms with E-state index in [0.717, 1.165) is 22.5 Å². The summed E-state index contributed by atoms with van der Waals surface area (Å²) >= 11 is 0. The third-order valence-electron chi connectivity index (χ3n) is 3.79. The van der Waals surface area contributed by atoms with Crippen LogP contribution >= 0.6 is 0 Å². The number of hydrogen-bond donors (Lipinski definition) is 2. The highest BCUT2D eigenvalue weighted by Crippen LogP contribution is 2.30. The summed E-state index contributed by atoms with van der Waals surface area (Å²) in [5.74, 6) is -2.52. The van der Waals surface area contributed by atoms with Crippen molar-refractivity contribution in [3.8, 4) is 0 Å². The average Bonchev–Trinajstić information content (AvgIpc) is 2.80. The van der Waals surface area contributed by atoms with Gasteiger partial charge in [0.05, 0.1) is 23.1 Å². The van der Waals surface area contributed by atoms with Gasteiger partial charge >= 0.3 is 5.97 Å². The molecule has 8 heteroatoms. The lowest BCUT2D eigenvalue weighted by molar-refractivity contribution is 0.0691. The largest absolute Gasteiger partial charge is 0.478 e. The molecule has 1 aliphatic rings. The molecular formula is C13H16FNO5S. The van der Waals surface area contributed by atoms with Crippen molar-refractivity contribution in [2.45, 2.75) is 24.3 Å². The fraction of sp³-hybridized carbons (Fsp3) is 0.462. The van der Waals surface area contributed by atoms with Gasteiger partial charge in [0.15, 0.2) is 0 Å². The highest BCUT2D eigenvalue weighted by atomic mass is 32.2. The maximum Gasteiger partial charge on any atom is 0.338 e. The van der Waals surface area contributed by atoms with Crippen molar-refractivity contribution in [2.75, 3.05) is 13.2 Å². The van der Waals surface area contributed by atoms with Crippen LogP contribution < -0.4 is 0 Å². The molecule has 0 aromatic heterocycles. The van der Waals surface area contributed by atoms with Crippen LogP contribution in [0.5, 0.6) is 0 Å². The van der Waals surface area contributed by atoms with Crippen LogP contribution in [0.15, 0.2) is 23.1 Å². The zero-order chi connectivity index (χ0) is 15.8. The van der Waals surface area contributed by atoms with Crippen LogP contribution in [0, 0.1) is 11.7 Å². The maximum atomic E-state index is 13.4. The van der Waals surface area contributed by atoms with Gasteiger partial charge in [-0.25, -0.2) is 17.6 Å². The van der Waals surface area contributed by atoms with Gasteiger partial charge in [0.25, 0.3) is 0 Å². The maximum absolute atomic E-state index is 13.4. The third-order valence-corrected chi connectivity index (χ3v) is 5.71. The van der Waals surface area contributed by atoms with Crippen molar-refractivity contribution in [1.82, 2.24) is 4.31 Å². The number of rotatable bonds is 4. The van der Waals surface area contributed by atoms with Crippen molar-refractivity contribution in [3.63, 3.8) is 0 Å². The van der Waals surface area contributed by atoms with Crippen molar-refractivity contribution in [1.29, 1.82) is 0 Å². The molecule has 2 rings (SSSR count). The number of hydrogen-bond acceptors (Lipinski definition) is 4. The highest BCUT2D eigenvalue weighted by Gasteiger charge is 2.39. The number of carboxylic acid groups (broad SMARTS) is 1. The molecule has 21 heavy (non-hydrogen) atoms. The van der Waals surface area contributed by atoms with E-state index >= 15 is 0 Å². The van der Waals surface area contributed by atoms with Gasteiger partial charge in [-0.05, 0) is 30.5 Å². The van der Waals surface area contributed by atoms with Crippen LogP contribution in [-0.4, -0.2) is 48.1 Å². The molecule has 1 aromatic rings.